The van der Waals surface area contributed by atoms with Crippen molar-refractivity contribution in [1.82, 2.24) is 4.90 Å². The minimum absolute atomic E-state index is 0.00857. The van der Waals surface area contributed by atoms with Crippen LogP contribution in [0.2, 0.25) is 5.02 Å². The second kappa shape index (κ2) is 11.0. The SMILES string of the molecule is CCOC(=O)[C@H]1[C@H]2C(=O)N(CCCCO)[C@H](C(=O)Nc3ccccc3Cl)[C@H]2C=C[C@H]1CC. The van der Waals surface area contributed by atoms with Gasteiger partial charge in [-0.05, 0) is 44.2 Å². The van der Waals surface area contributed by atoms with E-state index in [-0.39, 0.29) is 30.9 Å². The first-order chi connectivity index (χ1) is 15.4. The maximum Gasteiger partial charge on any atom is 0.310 e. The molecule has 1 aliphatic heterocycles. The summed E-state index contributed by atoms with van der Waals surface area (Å²) >= 11 is 6.22. The Morgan fingerprint density at radius 3 is 2.59 bits per heavy atom. The van der Waals surface area contributed by atoms with Gasteiger partial charge in [0.25, 0.3) is 0 Å². The third-order valence-corrected chi connectivity index (χ3v) is 6.68. The first-order valence-electron chi connectivity index (χ1n) is 11.3. The summed E-state index contributed by atoms with van der Waals surface area (Å²) in [5.41, 5.74) is 0.471. The maximum atomic E-state index is 13.6. The number of esters is 1. The Labute approximate surface area is 193 Å². The highest BCUT2D eigenvalue weighted by Crippen LogP contribution is 2.45. The third kappa shape index (κ3) is 4.84. The first kappa shape index (κ1) is 24.3. The molecular weight excluding hydrogens is 432 g/mol. The summed E-state index contributed by atoms with van der Waals surface area (Å²) in [5, 5.41) is 12.4. The lowest BCUT2D eigenvalue weighted by molar-refractivity contribution is -0.155. The van der Waals surface area contributed by atoms with Crippen molar-refractivity contribution in [3.8, 4) is 0 Å². The van der Waals surface area contributed by atoms with Crippen LogP contribution in [-0.2, 0) is 19.1 Å². The van der Waals surface area contributed by atoms with Crippen molar-refractivity contribution in [1.29, 1.82) is 0 Å². The fourth-order valence-corrected chi connectivity index (χ4v) is 5.03. The molecule has 1 aliphatic carbocycles. The number of hydrogen-bond donors (Lipinski definition) is 2. The summed E-state index contributed by atoms with van der Waals surface area (Å²) in [6.45, 7) is 4.29. The van der Waals surface area contributed by atoms with E-state index in [2.05, 4.69) is 5.32 Å². The van der Waals surface area contributed by atoms with Crippen LogP contribution in [0.25, 0.3) is 0 Å². The van der Waals surface area contributed by atoms with Gasteiger partial charge in [0.15, 0.2) is 0 Å². The number of aliphatic hydroxyl groups is 1. The van der Waals surface area contributed by atoms with Crippen LogP contribution in [-0.4, -0.2) is 53.6 Å². The number of carbonyl (C=O) groups is 3. The lowest BCUT2D eigenvalue weighted by atomic mass is 9.69. The predicted molar refractivity (Wildman–Crippen MR) is 122 cm³/mol. The van der Waals surface area contributed by atoms with Crippen LogP contribution in [0.3, 0.4) is 0 Å². The Bertz CT molecular complexity index is 874. The van der Waals surface area contributed by atoms with Crippen LogP contribution in [0.4, 0.5) is 5.69 Å². The molecule has 0 unspecified atom stereocenters. The Balaban J connectivity index is 1.95. The summed E-state index contributed by atoms with van der Waals surface area (Å²) in [7, 11) is 0. The van der Waals surface area contributed by atoms with Crippen LogP contribution in [0, 0.1) is 23.7 Å². The smallest absolute Gasteiger partial charge is 0.310 e. The van der Waals surface area contributed by atoms with Gasteiger partial charge in [-0.15, -0.1) is 0 Å². The Kier molecular flexibility index (Phi) is 8.32. The predicted octanol–water partition coefficient (Wildman–Crippen LogP) is 3.27. The quantitative estimate of drug-likeness (QED) is 0.333. The minimum atomic E-state index is -0.770. The van der Waals surface area contributed by atoms with E-state index < -0.39 is 29.8 Å². The number of benzene rings is 1. The van der Waals surface area contributed by atoms with Gasteiger partial charge in [-0.2, -0.15) is 0 Å². The maximum absolute atomic E-state index is 13.6. The molecule has 32 heavy (non-hydrogen) atoms. The highest BCUT2D eigenvalue weighted by Gasteiger charge is 2.57. The second-order valence-electron chi connectivity index (χ2n) is 8.21. The molecule has 3 rings (SSSR count). The molecule has 8 heteroatoms. The molecule has 2 N–H and O–H groups in total. The lowest BCUT2D eigenvalue weighted by Gasteiger charge is -2.33. The zero-order valence-corrected chi connectivity index (χ0v) is 19.3. The summed E-state index contributed by atoms with van der Waals surface area (Å²) in [4.78, 5) is 41.4. The van der Waals surface area contributed by atoms with Crippen molar-refractivity contribution < 1.29 is 24.2 Å². The van der Waals surface area contributed by atoms with E-state index in [1.54, 1.807) is 36.1 Å². The molecule has 1 saturated heterocycles. The van der Waals surface area contributed by atoms with E-state index in [4.69, 9.17) is 16.3 Å². The van der Waals surface area contributed by atoms with E-state index in [0.717, 1.165) is 0 Å². The van der Waals surface area contributed by atoms with Crippen molar-refractivity contribution in [2.45, 2.75) is 39.2 Å². The first-order valence-corrected chi connectivity index (χ1v) is 11.6. The number of nitrogens with zero attached hydrogens (tertiary/aromatic N) is 1. The summed E-state index contributed by atoms with van der Waals surface area (Å²) in [6, 6.07) is 6.16. The van der Waals surface area contributed by atoms with Crippen molar-refractivity contribution in [2.24, 2.45) is 23.7 Å². The van der Waals surface area contributed by atoms with Gasteiger partial charge in [0.05, 0.1) is 29.2 Å². The van der Waals surface area contributed by atoms with Crippen molar-refractivity contribution in [3.05, 3.63) is 41.4 Å². The number of aliphatic hydroxyl groups excluding tert-OH is 1. The van der Waals surface area contributed by atoms with Gasteiger partial charge in [-0.1, -0.05) is 42.8 Å². The van der Waals surface area contributed by atoms with Crippen LogP contribution in [0.15, 0.2) is 36.4 Å². The van der Waals surface area contributed by atoms with Gasteiger partial charge >= 0.3 is 5.97 Å². The molecule has 174 valence electrons. The van der Waals surface area contributed by atoms with Gasteiger partial charge in [0.2, 0.25) is 11.8 Å². The molecule has 0 saturated carbocycles. The number of unbranched alkanes of at least 4 members (excludes halogenated alkanes) is 1. The number of amides is 2. The van der Waals surface area contributed by atoms with Crippen LogP contribution in [0.5, 0.6) is 0 Å². The molecule has 0 aromatic heterocycles. The average Bonchev–Trinajstić information content (AvgIpc) is 3.06. The number of likely N-dealkylation sites (tertiary alicyclic amines) is 1. The molecule has 5 atom stereocenters. The average molecular weight is 463 g/mol. The number of rotatable bonds is 9. The minimum Gasteiger partial charge on any atom is -0.466 e. The molecule has 0 bridgehead atoms. The molecule has 2 amide bonds. The standard InChI is InChI=1S/C24H31ClN2O5/c1-3-15-11-12-16-20(19(15)24(31)32-4-2)23(30)27(13-7-8-14-28)21(16)22(29)26-18-10-6-5-9-17(18)25/h5-6,9-12,15-16,19-21,28H,3-4,7-8,13-14H2,1-2H3,(H,26,29)/t15-,16+,19-,20+,21+/m1/s1. The van der Waals surface area contributed by atoms with Crippen molar-refractivity contribution in [3.63, 3.8) is 0 Å². The molecular formula is C24H31ClN2O5. The summed E-state index contributed by atoms with van der Waals surface area (Å²) in [5.74, 6) is -2.80. The van der Waals surface area contributed by atoms with Crippen molar-refractivity contribution >= 4 is 35.1 Å². The van der Waals surface area contributed by atoms with E-state index in [1.807, 2.05) is 19.1 Å². The lowest BCUT2D eigenvalue weighted by Crippen LogP contribution is -2.44. The van der Waals surface area contributed by atoms with Gasteiger partial charge < -0.3 is 20.1 Å². The Morgan fingerprint density at radius 2 is 1.94 bits per heavy atom. The van der Waals surface area contributed by atoms with Crippen LogP contribution < -0.4 is 5.32 Å². The number of anilines is 1. The molecule has 0 spiro atoms. The number of ether oxygens (including phenoxy) is 1. The summed E-state index contributed by atoms with van der Waals surface area (Å²) in [6.07, 6.45) is 5.63. The van der Waals surface area contributed by atoms with Gasteiger partial charge in [0, 0.05) is 19.1 Å². The van der Waals surface area contributed by atoms with Crippen LogP contribution >= 0.6 is 11.6 Å². The molecule has 1 fully saturated rings. The largest absolute Gasteiger partial charge is 0.466 e. The highest BCUT2D eigenvalue weighted by atomic mass is 35.5. The number of halogens is 1. The number of fused-ring (bicyclic) bond motifs is 1. The molecule has 1 heterocycles. The fourth-order valence-electron chi connectivity index (χ4n) is 4.85. The highest BCUT2D eigenvalue weighted by molar-refractivity contribution is 6.33. The molecule has 0 radical (unpaired) electrons. The number of carbonyl (C=O) groups excluding carboxylic acids is 3. The molecule has 1 aromatic carbocycles. The topological polar surface area (TPSA) is 95.9 Å². The Morgan fingerprint density at radius 1 is 1.19 bits per heavy atom. The molecule has 2 aliphatic rings. The second-order valence-corrected chi connectivity index (χ2v) is 8.62. The number of hydrogen-bond acceptors (Lipinski definition) is 5. The number of allylic oxidation sites excluding steroid dienone is 1. The normalized spacial score (nSPS) is 26.7. The zero-order valence-electron chi connectivity index (χ0n) is 18.5. The van der Waals surface area contributed by atoms with Gasteiger partial charge in [-0.3, -0.25) is 14.4 Å². The third-order valence-electron chi connectivity index (χ3n) is 6.35. The van der Waals surface area contributed by atoms with E-state index in [9.17, 15) is 19.5 Å². The zero-order chi connectivity index (χ0) is 23.3. The van der Waals surface area contributed by atoms with Crippen molar-refractivity contribution in [2.75, 3.05) is 25.1 Å². The summed E-state index contributed by atoms with van der Waals surface area (Å²) < 4.78 is 5.32. The molecule has 1 aromatic rings. The number of para-hydroxylation sites is 1. The van der Waals surface area contributed by atoms with Gasteiger partial charge in [-0.25, -0.2) is 0 Å². The van der Waals surface area contributed by atoms with Gasteiger partial charge in [0.1, 0.15) is 6.04 Å². The van der Waals surface area contributed by atoms with E-state index in [0.29, 0.717) is 36.5 Å². The van der Waals surface area contributed by atoms with Crippen LogP contribution in [0.1, 0.15) is 33.1 Å². The number of nitrogens with one attached hydrogen (secondary N) is 1. The molecule has 7 nitrogen and oxygen atoms in total. The monoisotopic (exact) mass is 462 g/mol. The van der Waals surface area contributed by atoms with E-state index in [1.165, 1.54) is 0 Å². The Hall–Kier alpha value is -2.38. The fraction of sp³-hybridized carbons (Fsp3) is 0.542. The van der Waals surface area contributed by atoms with E-state index >= 15 is 0 Å².